The first kappa shape index (κ1) is 23.3. The number of nitrogens with one attached hydrogen (secondary N) is 1. The van der Waals surface area contributed by atoms with Gasteiger partial charge in [-0.2, -0.15) is 4.31 Å². The van der Waals surface area contributed by atoms with Crippen molar-refractivity contribution in [1.82, 2.24) is 4.31 Å². The number of anilines is 1. The maximum atomic E-state index is 13.3. The van der Waals surface area contributed by atoms with Crippen LogP contribution in [0.25, 0.3) is 0 Å². The zero-order chi connectivity index (χ0) is 22.6. The van der Waals surface area contributed by atoms with Gasteiger partial charge in [0.15, 0.2) is 0 Å². The van der Waals surface area contributed by atoms with Crippen molar-refractivity contribution in [3.8, 4) is 0 Å². The maximum absolute atomic E-state index is 13.3. The molecule has 8 heteroatoms. The second-order valence-electron chi connectivity index (χ2n) is 7.18. The standard InChI is InChI=1S/C23H22Cl2N2O3S/c1-16-7-12-22(17(2)13-16)26-23(28)15-27(14-18-5-3-4-6-21(18)25)31(29,30)20-10-8-19(24)9-11-20/h3-13H,14-15H2,1-2H3,(H,26,28). The predicted molar refractivity (Wildman–Crippen MR) is 125 cm³/mol. The molecule has 3 rings (SSSR count). The van der Waals surface area contributed by atoms with Gasteiger partial charge >= 0.3 is 0 Å². The first-order chi connectivity index (χ1) is 14.7. The summed E-state index contributed by atoms with van der Waals surface area (Å²) < 4.78 is 27.7. The van der Waals surface area contributed by atoms with Crippen molar-refractivity contribution in [2.24, 2.45) is 0 Å². The van der Waals surface area contributed by atoms with Crippen LogP contribution in [-0.2, 0) is 21.4 Å². The minimum absolute atomic E-state index is 0.0447. The molecule has 3 aromatic carbocycles. The first-order valence-electron chi connectivity index (χ1n) is 9.53. The number of benzene rings is 3. The predicted octanol–water partition coefficient (Wildman–Crippen LogP) is 5.44. The number of hydrogen-bond acceptors (Lipinski definition) is 3. The minimum Gasteiger partial charge on any atom is -0.325 e. The van der Waals surface area contributed by atoms with Gasteiger partial charge in [-0.25, -0.2) is 8.42 Å². The summed E-state index contributed by atoms with van der Waals surface area (Å²) in [6.07, 6.45) is 0. The topological polar surface area (TPSA) is 66.5 Å². The highest BCUT2D eigenvalue weighted by Crippen LogP contribution is 2.24. The van der Waals surface area contributed by atoms with Gasteiger partial charge in [-0.15, -0.1) is 0 Å². The molecule has 0 aliphatic heterocycles. The normalized spacial score (nSPS) is 11.5. The summed E-state index contributed by atoms with van der Waals surface area (Å²) in [6.45, 7) is 3.42. The molecular formula is C23H22Cl2N2O3S. The van der Waals surface area contributed by atoms with Crippen LogP contribution < -0.4 is 5.32 Å². The maximum Gasteiger partial charge on any atom is 0.243 e. The van der Waals surface area contributed by atoms with E-state index in [0.717, 1.165) is 15.4 Å². The third-order valence-electron chi connectivity index (χ3n) is 4.73. The quantitative estimate of drug-likeness (QED) is 0.493. The lowest BCUT2D eigenvalue weighted by atomic mass is 10.1. The molecule has 0 fully saturated rings. The van der Waals surface area contributed by atoms with Gasteiger partial charge < -0.3 is 5.32 Å². The van der Waals surface area contributed by atoms with Crippen LogP contribution in [0.1, 0.15) is 16.7 Å². The van der Waals surface area contributed by atoms with Crippen LogP contribution in [0.3, 0.4) is 0 Å². The Hall–Kier alpha value is -2.38. The van der Waals surface area contributed by atoms with Crippen LogP contribution in [0.4, 0.5) is 5.69 Å². The van der Waals surface area contributed by atoms with Gasteiger partial charge in [0.2, 0.25) is 15.9 Å². The number of hydrogen-bond donors (Lipinski definition) is 1. The highest BCUT2D eigenvalue weighted by molar-refractivity contribution is 7.89. The highest BCUT2D eigenvalue weighted by atomic mass is 35.5. The van der Waals surface area contributed by atoms with Crippen LogP contribution in [-0.4, -0.2) is 25.2 Å². The van der Waals surface area contributed by atoms with Crippen molar-refractivity contribution in [3.05, 3.63) is 93.5 Å². The van der Waals surface area contributed by atoms with E-state index >= 15 is 0 Å². The van der Waals surface area contributed by atoms with Gasteiger partial charge in [0.05, 0.1) is 11.4 Å². The molecule has 0 heterocycles. The number of amides is 1. The average molecular weight is 477 g/mol. The molecule has 1 amide bonds. The molecule has 31 heavy (non-hydrogen) atoms. The zero-order valence-corrected chi connectivity index (χ0v) is 19.4. The van der Waals surface area contributed by atoms with E-state index in [4.69, 9.17) is 23.2 Å². The lowest BCUT2D eigenvalue weighted by Gasteiger charge is -2.23. The van der Waals surface area contributed by atoms with Crippen molar-refractivity contribution in [3.63, 3.8) is 0 Å². The van der Waals surface area contributed by atoms with E-state index in [2.05, 4.69) is 5.32 Å². The molecule has 3 aromatic rings. The van der Waals surface area contributed by atoms with E-state index in [1.165, 1.54) is 24.3 Å². The summed E-state index contributed by atoms with van der Waals surface area (Å²) >= 11 is 12.1. The van der Waals surface area contributed by atoms with Crippen molar-refractivity contribution in [2.45, 2.75) is 25.3 Å². The Morgan fingerprint density at radius 3 is 2.29 bits per heavy atom. The summed E-state index contributed by atoms with van der Waals surface area (Å²) in [5, 5.41) is 3.65. The summed E-state index contributed by atoms with van der Waals surface area (Å²) in [4.78, 5) is 12.8. The second kappa shape index (κ2) is 9.83. The number of carbonyl (C=O) groups excluding carboxylic acids is 1. The number of nitrogens with zero attached hydrogens (tertiary/aromatic N) is 1. The molecule has 0 aromatic heterocycles. The Kier molecular flexibility index (Phi) is 7.38. The minimum atomic E-state index is -3.98. The SMILES string of the molecule is Cc1ccc(NC(=O)CN(Cc2ccccc2Cl)S(=O)(=O)c2ccc(Cl)cc2)c(C)c1. The van der Waals surface area contributed by atoms with E-state index in [-0.39, 0.29) is 18.0 Å². The Bertz CT molecular complexity index is 1200. The van der Waals surface area contributed by atoms with E-state index in [0.29, 0.717) is 21.3 Å². The van der Waals surface area contributed by atoms with Gasteiger partial charge in [0, 0.05) is 22.3 Å². The Balaban J connectivity index is 1.90. The van der Waals surface area contributed by atoms with Gasteiger partial charge in [-0.05, 0) is 61.4 Å². The van der Waals surface area contributed by atoms with E-state index < -0.39 is 15.9 Å². The lowest BCUT2D eigenvalue weighted by molar-refractivity contribution is -0.116. The molecule has 0 atom stereocenters. The van der Waals surface area contributed by atoms with E-state index in [1.54, 1.807) is 30.3 Å². The molecule has 0 aliphatic carbocycles. The molecular weight excluding hydrogens is 455 g/mol. The summed E-state index contributed by atoms with van der Waals surface area (Å²) in [7, 11) is -3.98. The summed E-state index contributed by atoms with van der Waals surface area (Å²) in [5.41, 5.74) is 3.20. The van der Waals surface area contributed by atoms with Crippen LogP contribution >= 0.6 is 23.2 Å². The Morgan fingerprint density at radius 1 is 0.968 bits per heavy atom. The van der Waals surface area contributed by atoms with Crippen LogP contribution in [0.5, 0.6) is 0 Å². The molecule has 0 unspecified atom stereocenters. The second-order valence-corrected chi connectivity index (χ2v) is 9.97. The molecule has 0 saturated carbocycles. The third kappa shape index (κ3) is 5.86. The fourth-order valence-electron chi connectivity index (χ4n) is 3.10. The molecule has 0 bridgehead atoms. The third-order valence-corrected chi connectivity index (χ3v) is 7.16. The van der Waals surface area contributed by atoms with E-state index in [9.17, 15) is 13.2 Å². The largest absolute Gasteiger partial charge is 0.325 e. The van der Waals surface area contributed by atoms with Crippen LogP contribution in [0, 0.1) is 13.8 Å². The molecule has 0 spiro atoms. The number of rotatable bonds is 7. The van der Waals surface area contributed by atoms with Crippen molar-refractivity contribution < 1.29 is 13.2 Å². The number of aryl methyl sites for hydroxylation is 2. The van der Waals surface area contributed by atoms with Crippen molar-refractivity contribution in [1.29, 1.82) is 0 Å². The molecule has 1 N–H and O–H groups in total. The van der Waals surface area contributed by atoms with E-state index in [1.807, 2.05) is 26.0 Å². The smallest absolute Gasteiger partial charge is 0.243 e. The molecule has 162 valence electrons. The molecule has 0 saturated heterocycles. The van der Waals surface area contributed by atoms with Gasteiger partial charge in [0.25, 0.3) is 0 Å². The number of sulfonamides is 1. The zero-order valence-electron chi connectivity index (χ0n) is 17.1. The van der Waals surface area contributed by atoms with Gasteiger partial charge in [-0.1, -0.05) is 59.1 Å². The van der Waals surface area contributed by atoms with Crippen LogP contribution in [0.15, 0.2) is 71.6 Å². The average Bonchev–Trinajstić information content (AvgIpc) is 2.71. The van der Waals surface area contributed by atoms with Gasteiger partial charge in [-0.3, -0.25) is 4.79 Å². The van der Waals surface area contributed by atoms with Crippen LogP contribution in [0.2, 0.25) is 10.0 Å². The summed E-state index contributed by atoms with van der Waals surface area (Å²) in [6, 6.07) is 18.4. The summed E-state index contributed by atoms with van der Waals surface area (Å²) in [5.74, 6) is -0.448. The lowest BCUT2D eigenvalue weighted by Crippen LogP contribution is -2.37. The first-order valence-corrected chi connectivity index (χ1v) is 11.7. The molecule has 0 aliphatic rings. The van der Waals surface area contributed by atoms with Crippen molar-refractivity contribution in [2.75, 3.05) is 11.9 Å². The Morgan fingerprint density at radius 2 is 1.65 bits per heavy atom. The Labute approximate surface area is 192 Å². The van der Waals surface area contributed by atoms with Gasteiger partial charge in [0.1, 0.15) is 0 Å². The molecule has 5 nitrogen and oxygen atoms in total. The number of carbonyl (C=O) groups is 1. The highest BCUT2D eigenvalue weighted by Gasteiger charge is 2.27. The fraction of sp³-hybridized carbons (Fsp3) is 0.174. The van der Waals surface area contributed by atoms with Crippen molar-refractivity contribution >= 4 is 44.8 Å². The molecule has 0 radical (unpaired) electrons. The monoisotopic (exact) mass is 476 g/mol. The fourth-order valence-corrected chi connectivity index (χ4v) is 4.80. The number of halogens is 2.